The van der Waals surface area contributed by atoms with E-state index in [1.807, 2.05) is 0 Å². The standard InChI is InChI=1S/C18H17Cl2FN2O2/c1-12(24)23(11-13-4-2-3-5-16(13)21)9-8-18(25)22-17-10-14(19)6-7-15(17)20/h2-7,10H,8-9,11H2,1H3,(H,22,25). The summed E-state index contributed by atoms with van der Waals surface area (Å²) in [5, 5.41) is 3.47. The molecule has 25 heavy (non-hydrogen) atoms. The molecule has 0 spiro atoms. The van der Waals surface area contributed by atoms with Crippen LogP contribution in [0.25, 0.3) is 0 Å². The third-order valence-electron chi connectivity index (χ3n) is 3.58. The number of carbonyl (C=O) groups excluding carboxylic acids is 2. The van der Waals surface area contributed by atoms with Crippen molar-refractivity contribution in [3.05, 3.63) is 63.9 Å². The molecule has 0 saturated heterocycles. The van der Waals surface area contributed by atoms with E-state index in [4.69, 9.17) is 23.2 Å². The molecule has 0 heterocycles. The number of rotatable bonds is 6. The van der Waals surface area contributed by atoms with Gasteiger partial charge in [-0.2, -0.15) is 0 Å². The lowest BCUT2D eigenvalue weighted by molar-refractivity contribution is -0.130. The zero-order valence-electron chi connectivity index (χ0n) is 13.6. The van der Waals surface area contributed by atoms with Crippen LogP contribution in [0.4, 0.5) is 10.1 Å². The first kappa shape index (κ1) is 19.2. The summed E-state index contributed by atoms with van der Waals surface area (Å²) in [6, 6.07) is 11.0. The number of hydrogen-bond acceptors (Lipinski definition) is 2. The molecule has 0 aromatic heterocycles. The van der Waals surface area contributed by atoms with Gasteiger partial charge in [0.2, 0.25) is 11.8 Å². The lowest BCUT2D eigenvalue weighted by atomic mass is 10.2. The number of anilines is 1. The predicted octanol–water partition coefficient (Wildman–Crippen LogP) is 4.51. The maximum absolute atomic E-state index is 13.7. The van der Waals surface area contributed by atoms with Crippen LogP contribution in [0.5, 0.6) is 0 Å². The summed E-state index contributed by atoms with van der Waals surface area (Å²) in [5.41, 5.74) is 0.804. The molecule has 2 aromatic rings. The van der Waals surface area contributed by atoms with Gasteiger partial charge in [0, 0.05) is 37.0 Å². The molecule has 132 valence electrons. The molecule has 0 atom stereocenters. The van der Waals surface area contributed by atoms with Crippen molar-refractivity contribution in [1.82, 2.24) is 4.90 Å². The number of nitrogens with one attached hydrogen (secondary N) is 1. The van der Waals surface area contributed by atoms with Gasteiger partial charge in [0.05, 0.1) is 10.7 Å². The van der Waals surface area contributed by atoms with E-state index in [1.165, 1.54) is 17.9 Å². The fraction of sp³-hybridized carbons (Fsp3) is 0.222. The Balaban J connectivity index is 1.96. The number of carbonyl (C=O) groups is 2. The van der Waals surface area contributed by atoms with Gasteiger partial charge in [-0.15, -0.1) is 0 Å². The summed E-state index contributed by atoms with van der Waals surface area (Å²) >= 11 is 11.9. The molecule has 0 radical (unpaired) electrons. The van der Waals surface area contributed by atoms with Gasteiger partial charge in [0.1, 0.15) is 5.82 Å². The Bertz CT molecular complexity index is 783. The Morgan fingerprint density at radius 2 is 1.88 bits per heavy atom. The fourth-order valence-electron chi connectivity index (χ4n) is 2.22. The Morgan fingerprint density at radius 3 is 2.56 bits per heavy atom. The van der Waals surface area contributed by atoms with Gasteiger partial charge >= 0.3 is 0 Å². The van der Waals surface area contributed by atoms with Gasteiger partial charge in [0.25, 0.3) is 0 Å². The molecule has 2 rings (SSSR count). The van der Waals surface area contributed by atoms with Crippen molar-refractivity contribution in [1.29, 1.82) is 0 Å². The molecule has 0 aliphatic rings. The monoisotopic (exact) mass is 382 g/mol. The summed E-state index contributed by atoms with van der Waals surface area (Å²) < 4.78 is 13.7. The summed E-state index contributed by atoms with van der Waals surface area (Å²) in [5.74, 6) is -0.940. The Kier molecular flexibility index (Phi) is 6.79. The van der Waals surface area contributed by atoms with Gasteiger partial charge in [0.15, 0.2) is 0 Å². The first-order chi connectivity index (χ1) is 11.9. The predicted molar refractivity (Wildman–Crippen MR) is 97.2 cm³/mol. The van der Waals surface area contributed by atoms with Gasteiger partial charge < -0.3 is 10.2 Å². The van der Waals surface area contributed by atoms with Crippen LogP contribution >= 0.6 is 23.2 Å². The van der Waals surface area contributed by atoms with E-state index in [2.05, 4.69) is 5.32 Å². The van der Waals surface area contributed by atoms with E-state index in [0.717, 1.165) is 0 Å². The number of amides is 2. The summed E-state index contributed by atoms with van der Waals surface area (Å²) in [6.45, 7) is 1.65. The topological polar surface area (TPSA) is 49.4 Å². The number of halogens is 3. The van der Waals surface area contributed by atoms with E-state index in [0.29, 0.717) is 21.3 Å². The largest absolute Gasteiger partial charge is 0.338 e. The minimum atomic E-state index is -0.385. The summed E-state index contributed by atoms with van der Waals surface area (Å²) in [6.07, 6.45) is 0.0525. The Morgan fingerprint density at radius 1 is 1.16 bits per heavy atom. The molecule has 0 aliphatic heterocycles. The minimum absolute atomic E-state index is 0.0525. The van der Waals surface area contributed by atoms with Crippen LogP contribution in [0.15, 0.2) is 42.5 Å². The van der Waals surface area contributed by atoms with Crippen LogP contribution in [-0.2, 0) is 16.1 Å². The molecular weight excluding hydrogens is 366 g/mol. The quantitative estimate of drug-likeness (QED) is 0.798. The zero-order chi connectivity index (χ0) is 18.4. The van der Waals surface area contributed by atoms with Crippen molar-refractivity contribution < 1.29 is 14.0 Å². The van der Waals surface area contributed by atoms with E-state index < -0.39 is 0 Å². The molecule has 0 bridgehead atoms. The highest BCUT2D eigenvalue weighted by Gasteiger charge is 2.14. The smallest absolute Gasteiger partial charge is 0.226 e. The highest BCUT2D eigenvalue weighted by atomic mass is 35.5. The van der Waals surface area contributed by atoms with Crippen LogP contribution in [0.3, 0.4) is 0 Å². The molecule has 1 N–H and O–H groups in total. The third-order valence-corrected chi connectivity index (χ3v) is 4.14. The van der Waals surface area contributed by atoms with E-state index >= 15 is 0 Å². The normalized spacial score (nSPS) is 10.4. The van der Waals surface area contributed by atoms with Crippen molar-refractivity contribution in [2.75, 3.05) is 11.9 Å². The molecule has 4 nitrogen and oxygen atoms in total. The Hall–Kier alpha value is -2.11. The second-order valence-corrected chi connectivity index (χ2v) is 6.30. The second-order valence-electron chi connectivity index (χ2n) is 5.45. The summed E-state index contributed by atoms with van der Waals surface area (Å²) in [7, 11) is 0. The van der Waals surface area contributed by atoms with Gasteiger partial charge in [-0.3, -0.25) is 9.59 Å². The van der Waals surface area contributed by atoms with Crippen LogP contribution in [0.2, 0.25) is 10.0 Å². The first-order valence-corrected chi connectivity index (χ1v) is 8.36. The molecule has 7 heteroatoms. The maximum Gasteiger partial charge on any atom is 0.226 e. The molecule has 0 fully saturated rings. The zero-order valence-corrected chi connectivity index (χ0v) is 15.1. The molecule has 2 amide bonds. The van der Waals surface area contributed by atoms with E-state index in [1.54, 1.807) is 36.4 Å². The molecule has 2 aromatic carbocycles. The average molecular weight is 383 g/mol. The lowest BCUT2D eigenvalue weighted by Gasteiger charge is -2.21. The van der Waals surface area contributed by atoms with Crippen molar-refractivity contribution in [2.45, 2.75) is 19.9 Å². The molecule has 0 aliphatic carbocycles. The van der Waals surface area contributed by atoms with Gasteiger partial charge in [-0.25, -0.2) is 4.39 Å². The second kappa shape index (κ2) is 8.83. The SMILES string of the molecule is CC(=O)N(CCC(=O)Nc1cc(Cl)ccc1Cl)Cc1ccccc1F. The molecule has 0 saturated carbocycles. The van der Waals surface area contributed by atoms with Crippen LogP contribution in [-0.4, -0.2) is 23.3 Å². The number of hydrogen-bond donors (Lipinski definition) is 1. The lowest BCUT2D eigenvalue weighted by Crippen LogP contribution is -2.31. The van der Waals surface area contributed by atoms with Gasteiger partial charge in [-0.1, -0.05) is 41.4 Å². The Labute approximate surface area is 155 Å². The molecule has 0 unspecified atom stereocenters. The first-order valence-electron chi connectivity index (χ1n) is 7.60. The molecular formula is C18H17Cl2FN2O2. The average Bonchev–Trinajstić information content (AvgIpc) is 2.56. The van der Waals surface area contributed by atoms with Crippen LogP contribution in [0.1, 0.15) is 18.9 Å². The van der Waals surface area contributed by atoms with Gasteiger partial charge in [-0.05, 0) is 24.3 Å². The number of benzene rings is 2. The minimum Gasteiger partial charge on any atom is -0.338 e. The maximum atomic E-state index is 13.7. The fourth-order valence-corrected chi connectivity index (χ4v) is 2.56. The highest BCUT2D eigenvalue weighted by molar-refractivity contribution is 6.35. The highest BCUT2D eigenvalue weighted by Crippen LogP contribution is 2.25. The van der Waals surface area contributed by atoms with E-state index in [-0.39, 0.29) is 37.1 Å². The van der Waals surface area contributed by atoms with Crippen LogP contribution < -0.4 is 5.32 Å². The van der Waals surface area contributed by atoms with Crippen molar-refractivity contribution in [3.8, 4) is 0 Å². The third kappa shape index (κ3) is 5.73. The van der Waals surface area contributed by atoms with Crippen LogP contribution in [0, 0.1) is 5.82 Å². The van der Waals surface area contributed by atoms with Crippen molar-refractivity contribution in [3.63, 3.8) is 0 Å². The van der Waals surface area contributed by atoms with Crippen molar-refractivity contribution >= 4 is 40.7 Å². The van der Waals surface area contributed by atoms with E-state index in [9.17, 15) is 14.0 Å². The van der Waals surface area contributed by atoms with Crippen molar-refractivity contribution in [2.24, 2.45) is 0 Å². The summed E-state index contributed by atoms with van der Waals surface area (Å²) in [4.78, 5) is 25.3. The number of nitrogens with zero attached hydrogens (tertiary/aromatic N) is 1.